The van der Waals surface area contributed by atoms with Gasteiger partial charge in [-0.25, -0.2) is 0 Å². The van der Waals surface area contributed by atoms with E-state index in [1.165, 1.54) is 4.63 Å². The van der Waals surface area contributed by atoms with Gasteiger partial charge in [0.1, 0.15) is 0 Å². The van der Waals surface area contributed by atoms with Gasteiger partial charge in [0.2, 0.25) is 0 Å². The molecule has 1 unspecified atom stereocenters. The van der Waals surface area contributed by atoms with Crippen molar-refractivity contribution in [3.63, 3.8) is 0 Å². The van der Waals surface area contributed by atoms with Crippen LogP contribution in [-0.4, -0.2) is 61.6 Å². The van der Waals surface area contributed by atoms with Gasteiger partial charge in [-0.15, -0.1) is 19.9 Å². The van der Waals surface area contributed by atoms with Crippen LogP contribution in [-0.2, 0) is 0 Å². The Labute approximate surface area is 132 Å². The zero-order valence-corrected chi connectivity index (χ0v) is 12.8. The van der Waals surface area contributed by atoms with Crippen LogP contribution in [0.4, 0.5) is 11.6 Å². The van der Waals surface area contributed by atoms with E-state index in [2.05, 4.69) is 40.6 Å². The van der Waals surface area contributed by atoms with E-state index in [-0.39, 0.29) is 0 Å². The molecule has 0 amide bonds. The van der Waals surface area contributed by atoms with E-state index < -0.39 is 0 Å². The summed E-state index contributed by atoms with van der Waals surface area (Å²) in [5, 5.41) is 24.0. The molecule has 9 heteroatoms. The van der Waals surface area contributed by atoms with Crippen molar-refractivity contribution < 1.29 is 0 Å². The lowest BCUT2D eigenvalue weighted by atomic mass is 10.2. The van der Waals surface area contributed by atoms with E-state index in [9.17, 15) is 0 Å². The number of hydrogen-bond donors (Lipinski definition) is 0. The second-order valence-corrected chi connectivity index (χ2v) is 5.67. The standard InChI is InChI=1S/C14H17N9/c1-21(14-7-6-13-17-19-20-23(13)18-14)10-11-4-3-9-22(11)12-5-2-8-15-16-12/h2,5-8,11H,3-4,9-10H2,1H3. The predicted octanol–water partition coefficient (Wildman–Crippen LogP) is 0.414. The molecule has 9 nitrogen and oxygen atoms in total. The van der Waals surface area contributed by atoms with Crippen LogP contribution < -0.4 is 9.80 Å². The molecule has 0 spiro atoms. The molecule has 0 radical (unpaired) electrons. The fourth-order valence-electron chi connectivity index (χ4n) is 3.03. The van der Waals surface area contributed by atoms with Crippen LogP contribution in [0.1, 0.15) is 12.8 Å². The quantitative estimate of drug-likeness (QED) is 0.685. The minimum atomic E-state index is 0.392. The van der Waals surface area contributed by atoms with Crippen molar-refractivity contribution in [1.82, 2.24) is 35.5 Å². The Morgan fingerprint density at radius 3 is 3.09 bits per heavy atom. The molecule has 0 aliphatic carbocycles. The van der Waals surface area contributed by atoms with Gasteiger partial charge in [0.05, 0.1) is 0 Å². The van der Waals surface area contributed by atoms with Gasteiger partial charge in [0.25, 0.3) is 0 Å². The lowest BCUT2D eigenvalue weighted by molar-refractivity contribution is 0.635. The molecule has 1 atom stereocenters. The number of anilines is 2. The lowest BCUT2D eigenvalue weighted by Crippen LogP contribution is -2.39. The molecule has 4 rings (SSSR count). The van der Waals surface area contributed by atoms with Gasteiger partial charge in [-0.3, -0.25) is 0 Å². The van der Waals surface area contributed by atoms with Crippen LogP contribution in [0, 0.1) is 0 Å². The third kappa shape index (κ3) is 2.65. The molecule has 4 heterocycles. The van der Waals surface area contributed by atoms with Crippen LogP contribution >= 0.6 is 0 Å². The van der Waals surface area contributed by atoms with Gasteiger partial charge in [0, 0.05) is 32.4 Å². The van der Waals surface area contributed by atoms with E-state index >= 15 is 0 Å². The van der Waals surface area contributed by atoms with Gasteiger partial charge >= 0.3 is 0 Å². The Bertz CT molecular complexity index is 787. The van der Waals surface area contributed by atoms with Crippen molar-refractivity contribution >= 4 is 17.3 Å². The average Bonchev–Trinajstić information content (AvgIpc) is 3.23. The van der Waals surface area contributed by atoms with E-state index in [4.69, 9.17) is 0 Å². The predicted molar refractivity (Wildman–Crippen MR) is 84.2 cm³/mol. The fraction of sp³-hybridized carbons (Fsp3) is 0.429. The molecule has 1 aliphatic heterocycles. The summed E-state index contributed by atoms with van der Waals surface area (Å²) in [6.07, 6.45) is 3.99. The first kappa shape index (κ1) is 13.8. The maximum absolute atomic E-state index is 4.43. The van der Waals surface area contributed by atoms with Gasteiger partial charge in [-0.2, -0.15) is 5.10 Å². The van der Waals surface area contributed by atoms with Crippen molar-refractivity contribution in [2.24, 2.45) is 0 Å². The van der Waals surface area contributed by atoms with Gasteiger partial charge in [-0.05, 0) is 47.5 Å². The zero-order chi connectivity index (χ0) is 15.6. The Kier molecular flexibility index (Phi) is 3.45. The number of aromatic nitrogens is 7. The normalized spacial score (nSPS) is 17.8. The highest BCUT2D eigenvalue weighted by Crippen LogP contribution is 2.24. The Hall–Kier alpha value is -2.84. The first-order valence-corrected chi connectivity index (χ1v) is 7.62. The number of nitrogens with zero attached hydrogens (tertiary/aromatic N) is 9. The summed E-state index contributed by atoms with van der Waals surface area (Å²) < 4.78 is 1.45. The number of likely N-dealkylation sites (N-methyl/N-ethyl adjacent to an activating group) is 1. The third-order valence-electron chi connectivity index (χ3n) is 4.16. The van der Waals surface area contributed by atoms with E-state index in [0.717, 1.165) is 37.6 Å². The summed E-state index contributed by atoms with van der Waals surface area (Å²) in [7, 11) is 2.03. The number of tetrazole rings is 1. The van der Waals surface area contributed by atoms with Crippen LogP contribution in [0.3, 0.4) is 0 Å². The average molecular weight is 311 g/mol. The summed E-state index contributed by atoms with van der Waals surface area (Å²) in [5.74, 6) is 1.78. The maximum atomic E-state index is 4.43. The molecule has 3 aromatic heterocycles. The molecule has 118 valence electrons. The summed E-state index contributed by atoms with van der Waals surface area (Å²) in [4.78, 5) is 4.44. The molecule has 1 fully saturated rings. The minimum Gasteiger partial charge on any atom is -0.356 e. The second-order valence-electron chi connectivity index (χ2n) is 5.67. The second kappa shape index (κ2) is 5.75. The van der Waals surface area contributed by atoms with E-state index in [0.29, 0.717) is 11.7 Å². The Morgan fingerprint density at radius 2 is 2.22 bits per heavy atom. The topological polar surface area (TPSA) is 88.2 Å². The van der Waals surface area contributed by atoms with Crippen molar-refractivity contribution in [2.75, 3.05) is 29.9 Å². The van der Waals surface area contributed by atoms with E-state index in [1.54, 1.807) is 6.20 Å². The molecule has 0 bridgehead atoms. The van der Waals surface area contributed by atoms with Crippen LogP contribution in [0.25, 0.3) is 5.65 Å². The molecule has 0 aromatic carbocycles. The molecule has 0 saturated carbocycles. The van der Waals surface area contributed by atoms with Crippen molar-refractivity contribution in [3.05, 3.63) is 30.5 Å². The van der Waals surface area contributed by atoms with Crippen LogP contribution in [0.2, 0.25) is 0 Å². The Morgan fingerprint density at radius 1 is 1.26 bits per heavy atom. The first-order valence-electron chi connectivity index (χ1n) is 7.62. The summed E-state index contributed by atoms with van der Waals surface area (Å²) >= 11 is 0. The van der Waals surface area contributed by atoms with Crippen LogP contribution in [0.5, 0.6) is 0 Å². The molecular weight excluding hydrogens is 294 g/mol. The number of rotatable bonds is 4. The highest BCUT2D eigenvalue weighted by Gasteiger charge is 2.27. The smallest absolute Gasteiger partial charge is 0.200 e. The molecule has 23 heavy (non-hydrogen) atoms. The Balaban J connectivity index is 1.52. The highest BCUT2D eigenvalue weighted by atomic mass is 15.6. The minimum absolute atomic E-state index is 0.392. The van der Waals surface area contributed by atoms with Crippen molar-refractivity contribution in [3.8, 4) is 0 Å². The highest BCUT2D eigenvalue weighted by molar-refractivity contribution is 5.45. The van der Waals surface area contributed by atoms with Crippen LogP contribution in [0.15, 0.2) is 30.5 Å². The molecule has 3 aromatic rings. The largest absolute Gasteiger partial charge is 0.356 e. The summed E-state index contributed by atoms with van der Waals surface area (Å²) in [6.45, 7) is 1.87. The number of hydrogen-bond acceptors (Lipinski definition) is 8. The third-order valence-corrected chi connectivity index (χ3v) is 4.16. The van der Waals surface area contributed by atoms with E-state index in [1.807, 2.05) is 31.3 Å². The SMILES string of the molecule is CN(CC1CCCN1c1cccnn1)c1ccc2nnnn2n1. The van der Waals surface area contributed by atoms with Gasteiger partial charge in [-0.1, -0.05) is 0 Å². The number of fused-ring (bicyclic) bond motifs is 1. The molecule has 1 aliphatic rings. The summed E-state index contributed by atoms with van der Waals surface area (Å²) in [5.41, 5.74) is 0.643. The monoisotopic (exact) mass is 311 g/mol. The van der Waals surface area contributed by atoms with Gasteiger partial charge < -0.3 is 9.80 Å². The molecular formula is C14H17N9. The molecule has 1 saturated heterocycles. The zero-order valence-electron chi connectivity index (χ0n) is 12.8. The lowest BCUT2D eigenvalue weighted by Gasteiger charge is -2.29. The van der Waals surface area contributed by atoms with Gasteiger partial charge in [0.15, 0.2) is 17.3 Å². The van der Waals surface area contributed by atoms with Crippen molar-refractivity contribution in [2.45, 2.75) is 18.9 Å². The summed E-state index contributed by atoms with van der Waals surface area (Å²) in [6, 6.07) is 8.13. The van der Waals surface area contributed by atoms with Crippen molar-refractivity contribution in [1.29, 1.82) is 0 Å². The maximum Gasteiger partial charge on any atom is 0.200 e. The fourth-order valence-corrected chi connectivity index (χ4v) is 3.03. The molecule has 0 N–H and O–H groups in total. The first-order chi connectivity index (χ1) is 11.3.